The molecule has 1 aliphatic rings. The number of esters is 1. The largest absolute Gasteiger partial charge is 0.469 e. The fourth-order valence-corrected chi connectivity index (χ4v) is 4.20. The molecule has 0 amide bonds. The number of benzene rings is 1. The summed E-state index contributed by atoms with van der Waals surface area (Å²) < 4.78 is 5.07. The zero-order valence-electron chi connectivity index (χ0n) is 14.0. The zero-order chi connectivity index (χ0) is 16.6. The minimum absolute atomic E-state index is 0.124. The number of methoxy groups -OCH3 is 1. The van der Waals surface area contributed by atoms with Crippen molar-refractivity contribution in [1.82, 2.24) is 4.98 Å². The van der Waals surface area contributed by atoms with Crippen LogP contribution in [0, 0.1) is 12.8 Å². The van der Waals surface area contributed by atoms with Crippen LogP contribution in [0.5, 0.6) is 0 Å². The lowest BCUT2D eigenvalue weighted by atomic mass is 9.76. The molecule has 1 aromatic heterocycles. The van der Waals surface area contributed by atoms with Crippen molar-refractivity contribution >= 4 is 22.4 Å². The fraction of sp³-hybridized carbons (Fsp3) is 0.444. The van der Waals surface area contributed by atoms with E-state index in [1.807, 2.05) is 19.0 Å². The molecule has 0 fully saturated rings. The first-order chi connectivity index (χ1) is 11.0. The van der Waals surface area contributed by atoms with E-state index in [2.05, 4.69) is 31.2 Å². The van der Waals surface area contributed by atoms with Crippen molar-refractivity contribution < 1.29 is 9.53 Å². The van der Waals surface area contributed by atoms with Gasteiger partial charge in [-0.1, -0.05) is 29.8 Å². The molecule has 5 heteroatoms. The van der Waals surface area contributed by atoms with Gasteiger partial charge in [-0.2, -0.15) is 0 Å². The standard InChI is InChI=1S/C18H22N2O2S/c1-11-5-7-12(8-6-11)13-9-15-16(10-14(13)17(21)22-4)23-18(19-15)20(2)3/h5-8,13-14H,9-10H2,1-4H3/t13-,14-/m0/s1. The Morgan fingerprint density at radius 1 is 1.26 bits per heavy atom. The van der Waals surface area contributed by atoms with Gasteiger partial charge in [0.15, 0.2) is 5.13 Å². The Balaban J connectivity index is 1.98. The Kier molecular flexibility index (Phi) is 4.39. The van der Waals surface area contributed by atoms with E-state index in [1.54, 1.807) is 11.3 Å². The number of carbonyl (C=O) groups is 1. The first-order valence-electron chi connectivity index (χ1n) is 7.80. The van der Waals surface area contributed by atoms with E-state index in [0.717, 1.165) is 17.2 Å². The summed E-state index contributed by atoms with van der Waals surface area (Å²) in [6.07, 6.45) is 1.51. The van der Waals surface area contributed by atoms with Gasteiger partial charge in [0.2, 0.25) is 0 Å². The molecule has 3 rings (SSSR count). The van der Waals surface area contributed by atoms with Gasteiger partial charge < -0.3 is 9.64 Å². The van der Waals surface area contributed by atoms with Gasteiger partial charge >= 0.3 is 5.97 Å². The molecular formula is C18H22N2O2S. The lowest BCUT2D eigenvalue weighted by Crippen LogP contribution is -2.30. The number of carbonyl (C=O) groups excluding carboxylic acids is 1. The number of anilines is 1. The molecule has 0 aliphatic heterocycles. The third-order valence-electron chi connectivity index (χ3n) is 4.46. The van der Waals surface area contributed by atoms with E-state index in [1.165, 1.54) is 23.1 Å². The van der Waals surface area contributed by atoms with Crippen LogP contribution in [-0.4, -0.2) is 32.2 Å². The highest BCUT2D eigenvalue weighted by Crippen LogP contribution is 2.41. The maximum absolute atomic E-state index is 12.3. The summed E-state index contributed by atoms with van der Waals surface area (Å²) in [6, 6.07) is 8.46. The molecule has 122 valence electrons. The summed E-state index contributed by atoms with van der Waals surface area (Å²) in [6.45, 7) is 2.07. The van der Waals surface area contributed by atoms with Crippen LogP contribution >= 0.6 is 11.3 Å². The Hall–Kier alpha value is -1.88. The van der Waals surface area contributed by atoms with Gasteiger partial charge in [-0.3, -0.25) is 4.79 Å². The Morgan fingerprint density at radius 2 is 1.96 bits per heavy atom. The van der Waals surface area contributed by atoms with E-state index < -0.39 is 0 Å². The highest BCUT2D eigenvalue weighted by atomic mass is 32.1. The first kappa shape index (κ1) is 16.0. The monoisotopic (exact) mass is 330 g/mol. The quantitative estimate of drug-likeness (QED) is 0.811. The number of hydrogen-bond acceptors (Lipinski definition) is 5. The third-order valence-corrected chi connectivity index (χ3v) is 5.75. The van der Waals surface area contributed by atoms with Crippen LogP contribution in [0.15, 0.2) is 24.3 Å². The number of thiazole rings is 1. The Labute approximate surface area is 141 Å². The predicted molar refractivity (Wildman–Crippen MR) is 93.3 cm³/mol. The molecule has 1 heterocycles. The molecule has 4 nitrogen and oxygen atoms in total. The average Bonchev–Trinajstić information content (AvgIpc) is 2.97. The van der Waals surface area contributed by atoms with Crippen LogP contribution in [0.2, 0.25) is 0 Å². The molecule has 0 saturated heterocycles. The molecule has 1 aromatic carbocycles. The Bertz CT molecular complexity index is 706. The number of rotatable bonds is 3. The first-order valence-corrected chi connectivity index (χ1v) is 8.61. The van der Waals surface area contributed by atoms with Crippen LogP contribution in [0.1, 0.15) is 27.6 Å². The van der Waals surface area contributed by atoms with Crippen LogP contribution in [0.25, 0.3) is 0 Å². The molecule has 0 saturated carbocycles. The smallest absolute Gasteiger partial charge is 0.309 e. The van der Waals surface area contributed by atoms with E-state index in [0.29, 0.717) is 6.42 Å². The normalized spacial score (nSPS) is 20.0. The van der Waals surface area contributed by atoms with Crippen molar-refractivity contribution in [3.63, 3.8) is 0 Å². The minimum Gasteiger partial charge on any atom is -0.469 e. The summed E-state index contributed by atoms with van der Waals surface area (Å²) in [7, 11) is 5.47. The van der Waals surface area contributed by atoms with Crippen LogP contribution in [0.4, 0.5) is 5.13 Å². The number of ether oxygens (including phenoxy) is 1. The highest BCUT2D eigenvalue weighted by Gasteiger charge is 2.37. The molecule has 2 atom stereocenters. The van der Waals surface area contributed by atoms with E-state index in [4.69, 9.17) is 9.72 Å². The maximum atomic E-state index is 12.3. The lowest BCUT2D eigenvalue weighted by molar-refractivity contribution is -0.146. The van der Waals surface area contributed by atoms with Gasteiger partial charge in [0.1, 0.15) is 0 Å². The van der Waals surface area contributed by atoms with Gasteiger partial charge in [0.25, 0.3) is 0 Å². The minimum atomic E-state index is -0.134. The van der Waals surface area contributed by atoms with Gasteiger partial charge in [-0.25, -0.2) is 4.98 Å². The van der Waals surface area contributed by atoms with Crippen molar-refractivity contribution in [3.8, 4) is 0 Å². The predicted octanol–water partition coefficient (Wildman–Crippen LogP) is 3.19. The van der Waals surface area contributed by atoms with E-state index in [9.17, 15) is 4.79 Å². The maximum Gasteiger partial charge on any atom is 0.309 e. The lowest BCUT2D eigenvalue weighted by Gasteiger charge is -2.29. The van der Waals surface area contributed by atoms with Crippen LogP contribution in [-0.2, 0) is 22.4 Å². The van der Waals surface area contributed by atoms with Crippen molar-refractivity contribution in [1.29, 1.82) is 0 Å². The second kappa shape index (κ2) is 6.32. The molecule has 0 bridgehead atoms. The summed E-state index contributed by atoms with van der Waals surface area (Å²) >= 11 is 1.68. The van der Waals surface area contributed by atoms with Gasteiger partial charge in [0.05, 0.1) is 18.7 Å². The van der Waals surface area contributed by atoms with E-state index >= 15 is 0 Å². The summed E-state index contributed by atoms with van der Waals surface area (Å²) in [5.41, 5.74) is 3.55. The van der Waals surface area contributed by atoms with Gasteiger partial charge in [0, 0.05) is 24.9 Å². The molecular weight excluding hydrogens is 308 g/mol. The zero-order valence-corrected chi connectivity index (χ0v) is 14.8. The molecule has 0 N–H and O–H groups in total. The average molecular weight is 330 g/mol. The fourth-order valence-electron chi connectivity index (χ4n) is 3.14. The van der Waals surface area contributed by atoms with Crippen molar-refractivity contribution in [2.45, 2.75) is 25.7 Å². The van der Waals surface area contributed by atoms with Crippen molar-refractivity contribution in [2.75, 3.05) is 26.1 Å². The second-order valence-corrected chi connectivity index (χ2v) is 7.38. The number of nitrogens with zero attached hydrogens (tertiary/aromatic N) is 2. The number of hydrogen-bond donors (Lipinski definition) is 0. The summed E-state index contributed by atoms with van der Waals surface area (Å²) in [5.74, 6) is -0.126. The highest BCUT2D eigenvalue weighted by molar-refractivity contribution is 7.15. The second-order valence-electron chi connectivity index (χ2n) is 6.32. The van der Waals surface area contributed by atoms with Gasteiger partial charge in [-0.05, 0) is 25.3 Å². The Morgan fingerprint density at radius 3 is 2.57 bits per heavy atom. The summed E-state index contributed by atoms with van der Waals surface area (Å²) in [5, 5.41) is 1.00. The molecule has 23 heavy (non-hydrogen) atoms. The third kappa shape index (κ3) is 3.11. The van der Waals surface area contributed by atoms with Crippen LogP contribution in [0.3, 0.4) is 0 Å². The number of fused-ring (bicyclic) bond motifs is 1. The molecule has 0 radical (unpaired) electrons. The SMILES string of the molecule is COC(=O)[C@H]1Cc2sc(N(C)C)nc2C[C@H]1c1ccc(C)cc1. The van der Waals surface area contributed by atoms with E-state index in [-0.39, 0.29) is 17.8 Å². The van der Waals surface area contributed by atoms with Crippen LogP contribution < -0.4 is 4.90 Å². The number of aromatic nitrogens is 1. The topological polar surface area (TPSA) is 42.4 Å². The van der Waals surface area contributed by atoms with Crippen molar-refractivity contribution in [2.24, 2.45) is 5.92 Å². The molecule has 0 unspecified atom stereocenters. The molecule has 2 aromatic rings. The molecule has 0 spiro atoms. The van der Waals surface area contributed by atoms with Gasteiger partial charge in [-0.15, -0.1) is 11.3 Å². The van der Waals surface area contributed by atoms with Crippen molar-refractivity contribution in [3.05, 3.63) is 46.0 Å². The number of aryl methyl sites for hydroxylation is 1. The summed E-state index contributed by atoms with van der Waals surface area (Å²) in [4.78, 5) is 20.3. The molecule has 1 aliphatic carbocycles.